The molecule has 6 nitrogen and oxygen atoms in total. The molecule has 1 saturated heterocycles. The van der Waals surface area contributed by atoms with E-state index >= 15 is 0 Å². The Morgan fingerprint density at radius 1 is 1.48 bits per heavy atom. The van der Waals surface area contributed by atoms with Crippen LogP contribution in [0.1, 0.15) is 37.2 Å². The predicted octanol–water partition coefficient (Wildman–Crippen LogP) is 2.20. The average molecular weight is 323 g/mol. The van der Waals surface area contributed by atoms with Gasteiger partial charge in [0.1, 0.15) is 18.1 Å². The van der Waals surface area contributed by atoms with Crippen LogP contribution < -0.4 is 0 Å². The number of aryl methyl sites for hydroxylation is 1. The molecule has 0 bridgehead atoms. The number of carboxylic acid groups (broad SMARTS) is 1. The minimum atomic E-state index is -0.914. The first kappa shape index (κ1) is 16.5. The van der Waals surface area contributed by atoms with Crippen molar-refractivity contribution in [1.29, 1.82) is 0 Å². The zero-order valence-corrected chi connectivity index (χ0v) is 13.8. The Hall–Kier alpha value is -1.37. The number of furan rings is 1. The van der Waals surface area contributed by atoms with Crippen molar-refractivity contribution in [3.8, 4) is 0 Å². The molecule has 0 radical (unpaired) electrons. The number of carboxylic acids is 1. The summed E-state index contributed by atoms with van der Waals surface area (Å²) < 4.78 is 17.2. The Morgan fingerprint density at radius 3 is 2.96 bits per heavy atom. The van der Waals surface area contributed by atoms with E-state index in [1.807, 2.05) is 19.1 Å². The molecule has 0 aromatic carbocycles. The third-order valence-corrected chi connectivity index (χ3v) is 5.25. The zero-order valence-electron chi connectivity index (χ0n) is 13.8. The van der Waals surface area contributed by atoms with Crippen molar-refractivity contribution in [2.45, 2.75) is 56.9 Å². The molecule has 128 valence electrons. The number of hydrogen-bond donors (Lipinski definition) is 1. The summed E-state index contributed by atoms with van der Waals surface area (Å²) in [6.45, 7) is 3.44. The van der Waals surface area contributed by atoms with Crippen molar-refractivity contribution in [3.63, 3.8) is 0 Å². The molecular weight excluding hydrogens is 298 g/mol. The van der Waals surface area contributed by atoms with E-state index < -0.39 is 5.97 Å². The van der Waals surface area contributed by atoms with Crippen molar-refractivity contribution < 1.29 is 23.8 Å². The summed E-state index contributed by atoms with van der Waals surface area (Å²) in [5.74, 6) is 0.967. The van der Waals surface area contributed by atoms with Gasteiger partial charge in [0.05, 0.1) is 18.2 Å². The Morgan fingerprint density at radius 2 is 2.30 bits per heavy atom. The van der Waals surface area contributed by atoms with Crippen molar-refractivity contribution in [2.75, 3.05) is 20.3 Å². The highest BCUT2D eigenvalue weighted by atomic mass is 16.5. The van der Waals surface area contributed by atoms with Gasteiger partial charge in [-0.1, -0.05) is 0 Å². The van der Waals surface area contributed by atoms with Gasteiger partial charge in [0.15, 0.2) is 0 Å². The molecule has 0 spiro atoms. The number of carbonyl (C=O) groups is 1. The molecule has 3 atom stereocenters. The molecule has 1 aliphatic carbocycles. The molecule has 1 aromatic heterocycles. The van der Waals surface area contributed by atoms with Crippen LogP contribution in [0.4, 0.5) is 0 Å². The van der Waals surface area contributed by atoms with E-state index in [1.165, 1.54) is 0 Å². The van der Waals surface area contributed by atoms with Crippen molar-refractivity contribution in [2.24, 2.45) is 0 Å². The normalized spacial score (nSPS) is 31.2. The van der Waals surface area contributed by atoms with Crippen LogP contribution in [0.3, 0.4) is 0 Å². The van der Waals surface area contributed by atoms with E-state index in [2.05, 4.69) is 4.90 Å². The van der Waals surface area contributed by atoms with Gasteiger partial charge < -0.3 is 19.0 Å². The summed E-state index contributed by atoms with van der Waals surface area (Å²) in [6.07, 6.45) is 3.55. The Labute approximate surface area is 136 Å². The van der Waals surface area contributed by atoms with E-state index in [4.69, 9.17) is 19.0 Å². The molecule has 1 aliphatic heterocycles. The van der Waals surface area contributed by atoms with Gasteiger partial charge in [-0.05, 0) is 44.7 Å². The number of nitrogens with zero attached hydrogens (tertiary/aromatic N) is 1. The van der Waals surface area contributed by atoms with Crippen LogP contribution in [0.25, 0.3) is 0 Å². The first-order valence-electron chi connectivity index (χ1n) is 8.20. The number of fused-ring (bicyclic) bond motifs is 1. The highest BCUT2D eigenvalue weighted by Crippen LogP contribution is 2.43. The van der Waals surface area contributed by atoms with Crippen LogP contribution in [0.2, 0.25) is 0 Å². The van der Waals surface area contributed by atoms with Gasteiger partial charge in [0, 0.05) is 19.7 Å². The van der Waals surface area contributed by atoms with Crippen LogP contribution in [0.5, 0.6) is 0 Å². The van der Waals surface area contributed by atoms with E-state index in [9.17, 15) is 4.79 Å². The van der Waals surface area contributed by atoms with Crippen LogP contribution in [0, 0.1) is 6.92 Å². The lowest BCUT2D eigenvalue weighted by molar-refractivity contribution is -0.148. The molecule has 2 heterocycles. The van der Waals surface area contributed by atoms with Gasteiger partial charge in [-0.3, -0.25) is 4.90 Å². The van der Waals surface area contributed by atoms with E-state index in [0.29, 0.717) is 0 Å². The Bertz CT molecular complexity index is 557. The number of rotatable bonds is 6. The molecule has 2 fully saturated rings. The molecule has 23 heavy (non-hydrogen) atoms. The minimum Gasteiger partial charge on any atom is -0.480 e. The number of aliphatic carboxylic acids is 1. The first-order chi connectivity index (χ1) is 11.0. The van der Waals surface area contributed by atoms with Gasteiger partial charge >= 0.3 is 5.97 Å². The fourth-order valence-electron chi connectivity index (χ4n) is 4.06. The standard InChI is InChI=1S/C17H25NO5/c1-12-3-4-14(23-12)10-18-8-7-17(21-2)6-5-13(9-15(17)18)22-11-16(19)20/h3-4,13,15H,5-11H2,1-2H3,(H,19,20)/t13-,15+,17-/m1/s1. The van der Waals surface area contributed by atoms with Crippen LogP contribution in [-0.2, 0) is 20.8 Å². The lowest BCUT2D eigenvalue weighted by Gasteiger charge is -2.43. The van der Waals surface area contributed by atoms with Crippen LogP contribution in [0.15, 0.2) is 16.5 Å². The van der Waals surface area contributed by atoms with Crippen molar-refractivity contribution in [3.05, 3.63) is 23.7 Å². The third kappa shape index (κ3) is 3.44. The molecule has 1 saturated carbocycles. The summed E-state index contributed by atoms with van der Waals surface area (Å²) in [7, 11) is 1.78. The number of hydrogen-bond acceptors (Lipinski definition) is 5. The number of ether oxygens (including phenoxy) is 2. The van der Waals surface area contributed by atoms with Gasteiger partial charge in [0.25, 0.3) is 0 Å². The SMILES string of the molecule is CO[C@@]12CC[C@@H](OCC(=O)O)C[C@@H]1N(Cc1ccc(C)o1)CC2. The van der Waals surface area contributed by atoms with E-state index in [1.54, 1.807) is 7.11 Å². The summed E-state index contributed by atoms with van der Waals surface area (Å²) in [5, 5.41) is 8.81. The van der Waals surface area contributed by atoms with Gasteiger partial charge in [-0.15, -0.1) is 0 Å². The molecule has 1 N–H and O–H groups in total. The predicted molar refractivity (Wildman–Crippen MR) is 83.2 cm³/mol. The smallest absolute Gasteiger partial charge is 0.329 e. The lowest BCUT2D eigenvalue weighted by Crippen LogP contribution is -2.51. The monoisotopic (exact) mass is 323 g/mol. The Kier molecular flexibility index (Phi) is 4.75. The lowest BCUT2D eigenvalue weighted by atomic mass is 9.79. The summed E-state index contributed by atoms with van der Waals surface area (Å²) in [6, 6.07) is 4.24. The summed E-state index contributed by atoms with van der Waals surface area (Å²) in [4.78, 5) is 13.1. The quantitative estimate of drug-likeness (QED) is 0.865. The fraction of sp³-hybridized carbons (Fsp3) is 0.706. The van der Waals surface area contributed by atoms with Gasteiger partial charge in [0.2, 0.25) is 0 Å². The van der Waals surface area contributed by atoms with Gasteiger partial charge in [-0.25, -0.2) is 4.79 Å². The first-order valence-corrected chi connectivity index (χ1v) is 8.20. The summed E-state index contributed by atoms with van der Waals surface area (Å²) in [5.41, 5.74) is -0.134. The highest BCUT2D eigenvalue weighted by Gasteiger charge is 2.51. The maximum absolute atomic E-state index is 10.7. The second-order valence-electron chi connectivity index (χ2n) is 6.62. The second kappa shape index (κ2) is 6.63. The largest absolute Gasteiger partial charge is 0.480 e. The van der Waals surface area contributed by atoms with E-state index in [-0.39, 0.29) is 24.4 Å². The van der Waals surface area contributed by atoms with Gasteiger partial charge in [-0.2, -0.15) is 0 Å². The van der Waals surface area contributed by atoms with Crippen LogP contribution in [-0.4, -0.2) is 54.0 Å². The van der Waals surface area contributed by atoms with Crippen molar-refractivity contribution in [1.82, 2.24) is 4.90 Å². The second-order valence-corrected chi connectivity index (χ2v) is 6.62. The topological polar surface area (TPSA) is 72.1 Å². The minimum absolute atomic E-state index is 0.0155. The molecule has 0 unspecified atom stereocenters. The summed E-state index contributed by atoms with van der Waals surface area (Å²) >= 11 is 0. The fourth-order valence-corrected chi connectivity index (χ4v) is 4.06. The maximum atomic E-state index is 10.7. The number of likely N-dealkylation sites (tertiary alicyclic amines) is 1. The molecule has 3 rings (SSSR count). The molecule has 6 heteroatoms. The Balaban J connectivity index is 1.68. The van der Waals surface area contributed by atoms with Crippen molar-refractivity contribution >= 4 is 5.97 Å². The molecule has 2 aliphatic rings. The van der Waals surface area contributed by atoms with E-state index in [0.717, 1.165) is 50.3 Å². The molecule has 1 aromatic rings. The zero-order chi connectivity index (χ0) is 16.4. The maximum Gasteiger partial charge on any atom is 0.329 e. The third-order valence-electron chi connectivity index (χ3n) is 5.25. The number of methoxy groups -OCH3 is 1. The molecular formula is C17H25NO5. The highest BCUT2D eigenvalue weighted by molar-refractivity contribution is 5.68. The average Bonchev–Trinajstić information content (AvgIpc) is 3.10. The molecule has 0 amide bonds. The van der Waals surface area contributed by atoms with Crippen LogP contribution >= 0.6 is 0 Å².